The molecule has 2 nitrogen and oxygen atoms in total. The third-order valence-electron chi connectivity index (χ3n) is 3.43. The first-order valence-corrected chi connectivity index (χ1v) is 7.02. The zero-order chi connectivity index (χ0) is 14.7. The molecule has 20 heavy (non-hydrogen) atoms. The minimum atomic E-state index is 0.0749. The highest BCUT2D eigenvalue weighted by Crippen LogP contribution is 2.33. The van der Waals surface area contributed by atoms with E-state index in [1.165, 1.54) is 0 Å². The van der Waals surface area contributed by atoms with Crippen molar-refractivity contribution < 1.29 is 4.79 Å². The summed E-state index contributed by atoms with van der Waals surface area (Å²) in [6.45, 7) is 2.06. The lowest BCUT2D eigenvalue weighted by atomic mass is 10.1. The number of benzene rings is 2. The number of hydrogen-bond acceptors (Lipinski definition) is 2. The summed E-state index contributed by atoms with van der Waals surface area (Å²) >= 11 is 12.1. The number of para-hydroxylation sites is 1. The minimum absolute atomic E-state index is 0.0749. The number of carbonyl (C=O) groups is 1. The van der Waals surface area contributed by atoms with Crippen molar-refractivity contribution in [2.24, 2.45) is 0 Å². The van der Waals surface area contributed by atoms with E-state index in [1.807, 2.05) is 36.2 Å². The quantitative estimate of drug-likeness (QED) is 0.741. The summed E-state index contributed by atoms with van der Waals surface area (Å²) in [6, 6.07) is 13.1. The Kier molecular flexibility index (Phi) is 4.69. The number of anilines is 1. The Hall–Kier alpha value is -1.51. The van der Waals surface area contributed by atoms with Gasteiger partial charge in [0, 0.05) is 17.6 Å². The van der Waals surface area contributed by atoms with Crippen molar-refractivity contribution in [2.75, 3.05) is 11.9 Å². The van der Waals surface area contributed by atoms with Gasteiger partial charge in [-0.25, -0.2) is 0 Å². The van der Waals surface area contributed by atoms with Gasteiger partial charge in [0.25, 0.3) is 0 Å². The highest BCUT2D eigenvalue weighted by molar-refractivity contribution is 6.34. The molecule has 0 spiro atoms. The van der Waals surface area contributed by atoms with E-state index >= 15 is 0 Å². The summed E-state index contributed by atoms with van der Waals surface area (Å²) in [5.41, 5.74) is 2.43. The molecule has 4 heteroatoms. The molecule has 1 atom stereocenters. The Balaban J connectivity index is 2.38. The predicted octanol–water partition coefficient (Wildman–Crippen LogP) is 5.00. The number of nitrogens with zero attached hydrogens (tertiary/aromatic N) is 1. The Morgan fingerprint density at radius 2 is 1.75 bits per heavy atom. The van der Waals surface area contributed by atoms with Crippen molar-refractivity contribution in [2.45, 2.75) is 13.0 Å². The molecule has 0 heterocycles. The van der Waals surface area contributed by atoms with E-state index in [4.69, 9.17) is 23.2 Å². The van der Waals surface area contributed by atoms with Gasteiger partial charge in [-0.1, -0.05) is 41.4 Å². The van der Waals surface area contributed by atoms with Gasteiger partial charge in [-0.2, -0.15) is 0 Å². The van der Waals surface area contributed by atoms with Gasteiger partial charge in [0.15, 0.2) is 6.29 Å². The van der Waals surface area contributed by atoms with Crippen LogP contribution in [0.15, 0.2) is 42.5 Å². The van der Waals surface area contributed by atoms with Gasteiger partial charge in [0.05, 0.1) is 16.8 Å². The van der Waals surface area contributed by atoms with Crippen LogP contribution in [0.2, 0.25) is 10.0 Å². The molecule has 0 radical (unpaired) electrons. The Labute approximate surface area is 128 Å². The fourth-order valence-electron chi connectivity index (χ4n) is 2.16. The molecule has 0 aliphatic heterocycles. The van der Waals surface area contributed by atoms with Crippen LogP contribution in [-0.2, 0) is 0 Å². The lowest BCUT2D eigenvalue weighted by Gasteiger charge is -2.29. The van der Waals surface area contributed by atoms with Crippen molar-refractivity contribution in [3.05, 3.63) is 63.6 Å². The molecule has 2 aromatic rings. The maximum absolute atomic E-state index is 11.2. The van der Waals surface area contributed by atoms with Gasteiger partial charge in [-0.3, -0.25) is 4.79 Å². The molecule has 0 aromatic heterocycles. The third-order valence-corrected chi connectivity index (χ3v) is 3.99. The molecule has 0 aliphatic carbocycles. The fraction of sp³-hybridized carbons (Fsp3) is 0.188. The van der Waals surface area contributed by atoms with Gasteiger partial charge in [0.1, 0.15) is 0 Å². The molecule has 0 saturated heterocycles. The third kappa shape index (κ3) is 2.97. The minimum Gasteiger partial charge on any atom is -0.366 e. The summed E-state index contributed by atoms with van der Waals surface area (Å²) < 4.78 is 0. The van der Waals surface area contributed by atoms with Crippen LogP contribution < -0.4 is 4.90 Å². The van der Waals surface area contributed by atoms with Crippen LogP contribution in [0.25, 0.3) is 0 Å². The number of carbonyl (C=O) groups excluding carboxylic acids is 1. The van der Waals surface area contributed by atoms with Crippen LogP contribution in [0.5, 0.6) is 0 Å². The lowest BCUT2D eigenvalue weighted by molar-refractivity contribution is 0.112. The summed E-state index contributed by atoms with van der Waals surface area (Å²) in [6.07, 6.45) is 0.826. The molecule has 0 saturated carbocycles. The largest absolute Gasteiger partial charge is 0.366 e. The van der Waals surface area contributed by atoms with E-state index in [2.05, 4.69) is 6.92 Å². The van der Waals surface area contributed by atoms with Crippen molar-refractivity contribution in [1.29, 1.82) is 0 Å². The summed E-state index contributed by atoms with van der Waals surface area (Å²) in [5, 5.41) is 1.27. The lowest BCUT2D eigenvalue weighted by Crippen LogP contribution is -2.23. The molecule has 2 aromatic carbocycles. The van der Waals surface area contributed by atoms with E-state index in [0.717, 1.165) is 17.5 Å². The summed E-state index contributed by atoms with van der Waals surface area (Å²) in [4.78, 5) is 13.2. The first kappa shape index (κ1) is 14.9. The normalized spacial score (nSPS) is 12.0. The van der Waals surface area contributed by atoms with Gasteiger partial charge in [0.2, 0.25) is 0 Å². The number of aldehydes is 1. The number of hydrogen-bond donors (Lipinski definition) is 0. The topological polar surface area (TPSA) is 20.3 Å². The molecule has 0 aliphatic rings. The van der Waals surface area contributed by atoms with Crippen molar-refractivity contribution in [1.82, 2.24) is 0 Å². The molecular formula is C16H15Cl2NO. The van der Waals surface area contributed by atoms with Crippen LogP contribution in [0, 0.1) is 0 Å². The van der Waals surface area contributed by atoms with Crippen LogP contribution in [0.1, 0.15) is 28.9 Å². The van der Waals surface area contributed by atoms with Crippen molar-refractivity contribution in [3.63, 3.8) is 0 Å². The van der Waals surface area contributed by atoms with Crippen LogP contribution in [0.4, 0.5) is 5.69 Å². The van der Waals surface area contributed by atoms with E-state index in [-0.39, 0.29) is 6.04 Å². The predicted molar refractivity (Wildman–Crippen MR) is 85.1 cm³/mol. The summed E-state index contributed by atoms with van der Waals surface area (Å²) in [7, 11) is 1.92. The van der Waals surface area contributed by atoms with Crippen LogP contribution in [-0.4, -0.2) is 13.3 Å². The first-order valence-electron chi connectivity index (χ1n) is 6.26. The zero-order valence-corrected chi connectivity index (χ0v) is 12.8. The Morgan fingerprint density at radius 1 is 1.10 bits per heavy atom. The van der Waals surface area contributed by atoms with Crippen molar-refractivity contribution in [3.8, 4) is 0 Å². The number of halogens is 2. The van der Waals surface area contributed by atoms with Gasteiger partial charge < -0.3 is 4.90 Å². The second-order valence-electron chi connectivity index (χ2n) is 4.63. The smallest absolute Gasteiger partial charge is 0.152 e. The first-order chi connectivity index (χ1) is 9.54. The van der Waals surface area contributed by atoms with Gasteiger partial charge in [-0.05, 0) is 36.8 Å². The molecule has 0 bridgehead atoms. The van der Waals surface area contributed by atoms with E-state index in [1.54, 1.807) is 18.2 Å². The second kappa shape index (κ2) is 6.29. The second-order valence-corrected chi connectivity index (χ2v) is 5.48. The van der Waals surface area contributed by atoms with Gasteiger partial charge in [-0.15, -0.1) is 0 Å². The molecule has 0 N–H and O–H groups in total. The Bertz CT molecular complexity index is 610. The maximum atomic E-state index is 11.2. The highest BCUT2D eigenvalue weighted by atomic mass is 35.5. The van der Waals surface area contributed by atoms with E-state index < -0.39 is 0 Å². The average molecular weight is 308 g/mol. The molecule has 2 rings (SSSR count). The summed E-state index contributed by atoms with van der Waals surface area (Å²) in [5.74, 6) is 0. The van der Waals surface area contributed by atoms with Gasteiger partial charge >= 0.3 is 0 Å². The van der Waals surface area contributed by atoms with E-state index in [0.29, 0.717) is 15.6 Å². The monoisotopic (exact) mass is 307 g/mol. The SMILES string of the molecule is CC(c1ccc(Cl)cc1)N(C)c1c(Cl)cccc1C=O. The maximum Gasteiger partial charge on any atom is 0.152 e. The molecule has 104 valence electrons. The molecule has 0 amide bonds. The molecule has 1 unspecified atom stereocenters. The molecule has 0 fully saturated rings. The van der Waals surface area contributed by atoms with Crippen LogP contribution >= 0.6 is 23.2 Å². The average Bonchev–Trinajstić information content (AvgIpc) is 2.46. The number of rotatable bonds is 4. The fourth-order valence-corrected chi connectivity index (χ4v) is 2.60. The Morgan fingerprint density at radius 3 is 2.35 bits per heavy atom. The van der Waals surface area contributed by atoms with Crippen LogP contribution in [0.3, 0.4) is 0 Å². The standard InChI is InChI=1S/C16H15Cl2NO/c1-11(12-6-8-14(17)9-7-12)19(2)16-13(10-20)4-3-5-15(16)18/h3-11H,1-2H3. The highest BCUT2D eigenvalue weighted by Gasteiger charge is 2.17. The molecular weight excluding hydrogens is 293 g/mol. The van der Waals surface area contributed by atoms with E-state index in [9.17, 15) is 4.79 Å². The zero-order valence-electron chi connectivity index (χ0n) is 11.3. The van der Waals surface area contributed by atoms with Crippen molar-refractivity contribution >= 4 is 35.2 Å².